The van der Waals surface area contributed by atoms with E-state index >= 15 is 0 Å². The average molecular weight is 278 g/mol. The van der Waals surface area contributed by atoms with Crippen LogP contribution in [-0.4, -0.2) is 48.3 Å². The predicted molar refractivity (Wildman–Crippen MR) is 69.9 cm³/mol. The van der Waals surface area contributed by atoms with Crippen molar-refractivity contribution < 1.29 is 13.2 Å². The van der Waals surface area contributed by atoms with Crippen LogP contribution >= 0.6 is 0 Å². The van der Waals surface area contributed by atoms with Crippen LogP contribution in [0, 0.1) is 0 Å². The molecule has 112 valence electrons. The maximum Gasteiger partial charge on any atom is 0.417 e. The summed E-state index contributed by atoms with van der Waals surface area (Å²) in [6.45, 7) is 2.39. The Morgan fingerprint density at radius 3 is 1.16 bits per heavy atom. The molecule has 0 aromatic heterocycles. The first kappa shape index (κ1) is 15.1. The maximum atomic E-state index is 13.5. The van der Waals surface area contributed by atoms with Crippen LogP contribution in [0.5, 0.6) is 0 Å². The Labute approximate surface area is 113 Å². The Morgan fingerprint density at radius 1 is 0.579 bits per heavy atom. The lowest BCUT2D eigenvalue weighted by Gasteiger charge is -2.39. The lowest BCUT2D eigenvalue weighted by atomic mass is 10.2. The molecule has 2 heterocycles. The van der Waals surface area contributed by atoms with Crippen LogP contribution in [0.1, 0.15) is 51.4 Å². The van der Waals surface area contributed by atoms with Gasteiger partial charge in [0.25, 0.3) is 0 Å². The van der Waals surface area contributed by atoms with E-state index in [1.54, 1.807) is 9.80 Å². The maximum absolute atomic E-state index is 13.5. The number of rotatable bonds is 2. The smallest absolute Gasteiger partial charge is 0.280 e. The second kappa shape index (κ2) is 6.93. The van der Waals surface area contributed by atoms with Gasteiger partial charge in [-0.25, -0.2) is 0 Å². The zero-order valence-corrected chi connectivity index (χ0v) is 11.6. The second-order valence-electron chi connectivity index (χ2n) is 5.82. The molecular formula is C14H25F3N2. The Hall–Kier alpha value is -0.290. The van der Waals surface area contributed by atoms with Crippen LogP contribution in [0.2, 0.25) is 0 Å². The molecule has 2 nitrogen and oxygen atoms in total. The molecule has 0 bridgehead atoms. The summed E-state index contributed by atoms with van der Waals surface area (Å²) in [7, 11) is 0. The molecule has 2 fully saturated rings. The van der Waals surface area contributed by atoms with E-state index < -0.39 is 12.3 Å². The average Bonchev–Trinajstić information content (AvgIpc) is 2.72. The van der Waals surface area contributed by atoms with Gasteiger partial charge in [-0.05, 0) is 51.9 Å². The van der Waals surface area contributed by atoms with Gasteiger partial charge in [0.1, 0.15) is 0 Å². The summed E-state index contributed by atoms with van der Waals surface area (Å²) in [5.41, 5.74) is 0. The lowest BCUT2D eigenvalue weighted by molar-refractivity contribution is -0.225. The molecule has 0 N–H and O–H groups in total. The number of nitrogens with zero attached hydrogens (tertiary/aromatic N) is 2. The number of halogens is 3. The third-order valence-electron chi connectivity index (χ3n) is 4.27. The van der Waals surface area contributed by atoms with Gasteiger partial charge in [0.2, 0.25) is 0 Å². The highest BCUT2D eigenvalue weighted by atomic mass is 19.4. The highest BCUT2D eigenvalue weighted by molar-refractivity contribution is 4.82. The fraction of sp³-hybridized carbons (Fsp3) is 1.00. The molecule has 2 aliphatic rings. The number of hydrogen-bond donors (Lipinski definition) is 0. The normalized spacial score (nSPS) is 25.3. The van der Waals surface area contributed by atoms with Gasteiger partial charge in [0.15, 0.2) is 6.17 Å². The summed E-state index contributed by atoms with van der Waals surface area (Å²) < 4.78 is 40.4. The molecule has 0 saturated carbocycles. The van der Waals surface area contributed by atoms with Crippen molar-refractivity contribution in [2.45, 2.75) is 63.7 Å². The zero-order chi connectivity index (χ0) is 13.7. The molecule has 0 unspecified atom stereocenters. The summed E-state index contributed by atoms with van der Waals surface area (Å²) in [6.07, 6.45) is 2.42. The molecular weight excluding hydrogens is 253 g/mol. The topological polar surface area (TPSA) is 6.48 Å². The van der Waals surface area contributed by atoms with Crippen molar-refractivity contribution in [3.05, 3.63) is 0 Å². The van der Waals surface area contributed by atoms with Crippen LogP contribution in [0.25, 0.3) is 0 Å². The summed E-state index contributed by atoms with van der Waals surface area (Å²) in [4.78, 5) is 3.36. The largest absolute Gasteiger partial charge is 0.417 e. The third kappa shape index (κ3) is 4.35. The van der Waals surface area contributed by atoms with E-state index in [4.69, 9.17) is 0 Å². The van der Waals surface area contributed by atoms with Crippen molar-refractivity contribution in [3.63, 3.8) is 0 Å². The van der Waals surface area contributed by atoms with Gasteiger partial charge in [0.05, 0.1) is 0 Å². The first-order valence-corrected chi connectivity index (χ1v) is 7.64. The van der Waals surface area contributed by atoms with E-state index in [9.17, 15) is 13.2 Å². The summed E-state index contributed by atoms with van der Waals surface area (Å²) >= 11 is 0. The standard InChI is InChI=1S/C14H25F3N2/c15-14(16,17)13(18-9-5-1-2-6-10-18)19-11-7-3-4-8-12-19/h13H,1-12H2. The molecule has 0 aromatic carbocycles. The number of alkyl halides is 3. The molecule has 2 rings (SSSR count). The first-order valence-electron chi connectivity index (χ1n) is 7.64. The van der Waals surface area contributed by atoms with Gasteiger partial charge in [-0.1, -0.05) is 25.7 Å². The van der Waals surface area contributed by atoms with Gasteiger partial charge >= 0.3 is 6.18 Å². The van der Waals surface area contributed by atoms with E-state index in [1.165, 1.54) is 0 Å². The van der Waals surface area contributed by atoms with E-state index in [2.05, 4.69) is 0 Å². The number of likely N-dealkylation sites (tertiary alicyclic amines) is 2. The fourth-order valence-electron chi connectivity index (χ4n) is 3.32. The van der Waals surface area contributed by atoms with Crippen molar-refractivity contribution in [2.75, 3.05) is 26.2 Å². The zero-order valence-electron chi connectivity index (χ0n) is 11.6. The second-order valence-corrected chi connectivity index (χ2v) is 5.82. The van der Waals surface area contributed by atoms with Gasteiger partial charge in [-0.3, -0.25) is 9.80 Å². The Kier molecular flexibility index (Phi) is 5.51. The summed E-state index contributed by atoms with van der Waals surface area (Å²) in [5.74, 6) is 0. The van der Waals surface area contributed by atoms with Crippen molar-refractivity contribution in [3.8, 4) is 0 Å². The third-order valence-corrected chi connectivity index (χ3v) is 4.27. The highest BCUT2D eigenvalue weighted by Gasteiger charge is 2.47. The molecule has 0 radical (unpaired) electrons. The Morgan fingerprint density at radius 2 is 0.895 bits per heavy atom. The SMILES string of the molecule is FC(F)(F)C(N1CCCCCC1)N1CCCCCC1. The van der Waals surface area contributed by atoms with Crippen LogP contribution < -0.4 is 0 Å². The first-order chi connectivity index (χ1) is 9.09. The molecule has 0 spiro atoms. The monoisotopic (exact) mass is 278 g/mol. The quantitative estimate of drug-likeness (QED) is 0.761. The van der Waals surface area contributed by atoms with E-state index in [0.29, 0.717) is 26.2 Å². The van der Waals surface area contributed by atoms with Crippen LogP contribution in [0.4, 0.5) is 13.2 Å². The van der Waals surface area contributed by atoms with E-state index in [-0.39, 0.29) is 0 Å². The van der Waals surface area contributed by atoms with Crippen LogP contribution in [-0.2, 0) is 0 Å². The van der Waals surface area contributed by atoms with Crippen molar-refractivity contribution in [1.29, 1.82) is 0 Å². The van der Waals surface area contributed by atoms with E-state index in [1.807, 2.05) is 0 Å². The lowest BCUT2D eigenvalue weighted by Crippen LogP contribution is -2.57. The predicted octanol–water partition coefficient (Wildman–Crippen LogP) is 3.63. The molecule has 0 aromatic rings. The Balaban J connectivity index is 2.09. The molecule has 0 aliphatic carbocycles. The number of hydrogen-bond acceptors (Lipinski definition) is 2. The van der Waals surface area contributed by atoms with Gasteiger partial charge in [-0.2, -0.15) is 13.2 Å². The van der Waals surface area contributed by atoms with Gasteiger partial charge in [-0.15, -0.1) is 0 Å². The minimum atomic E-state index is -4.13. The molecule has 2 saturated heterocycles. The molecule has 2 aliphatic heterocycles. The molecule has 0 amide bonds. The van der Waals surface area contributed by atoms with Gasteiger partial charge in [0, 0.05) is 0 Å². The van der Waals surface area contributed by atoms with Crippen molar-refractivity contribution in [1.82, 2.24) is 9.80 Å². The van der Waals surface area contributed by atoms with Crippen LogP contribution in [0.3, 0.4) is 0 Å². The van der Waals surface area contributed by atoms with E-state index in [0.717, 1.165) is 51.4 Å². The van der Waals surface area contributed by atoms with Crippen LogP contribution in [0.15, 0.2) is 0 Å². The Bertz CT molecular complexity index is 232. The minimum absolute atomic E-state index is 0.598. The highest BCUT2D eigenvalue weighted by Crippen LogP contribution is 2.31. The molecule has 0 atom stereocenters. The van der Waals surface area contributed by atoms with Crippen molar-refractivity contribution in [2.24, 2.45) is 0 Å². The van der Waals surface area contributed by atoms with Gasteiger partial charge < -0.3 is 0 Å². The minimum Gasteiger partial charge on any atom is -0.280 e. The van der Waals surface area contributed by atoms with Crippen molar-refractivity contribution >= 4 is 0 Å². The summed E-state index contributed by atoms with van der Waals surface area (Å²) in [6, 6.07) is 0. The molecule has 5 heteroatoms. The molecule has 19 heavy (non-hydrogen) atoms. The summed E-state index contributed by atoms with van der Waals surface area (Å²) in [5, 5.41) is 0. The fourth-order valence-corrected chi connectivity index (χ4v) is 3.32.